The first-order valence-corrected chi connectivity index (χ1v) is 4.97. The Morgan fingerprint density at radius 2 is 2.15 bits per heavy atom. The average molecular weight is 184 g/mol. The number of hydrogen-bond donors (Lipinski definition) is 1. The van der Waals surface area contributed by atoms with Crippen LogP contribution in [0.15, 0.2) is 0 Å². The van der Waals surface area contributed by atoms with Gasteiger partial charge in [-0.25, -0.2) is 0 Å². The van der Waals surface area contributed by atoms with E-state index in [1.54, 1.807) is 6.92 Å². The van der Waals surface area contributed by atoms with Gasteiger partial charge in [-0.3, -0.25) is 4.79 Å². The molecule has 1 aliphatic rings. The molecule has 2 N–H and O–H groups in total. The highest BCUT2D eigenvalue weighted by atomic mass is 16.2. The molecule has 1 rings (SSSR count). The molecule has 1 aliphatic heterocycles. The van der Waals surface area contributed by atoms with Crippen molar-refractivity contribution >= 4 is 5.91 Å². The minimum atomic E-state index is -0.353. The molecule has 0 bridgehead atoms. The van der Waals surface area contributed by atoms with E-state index in [0.717, 1.165) is 19.5 Å². The first kappa shape index (κ1) is 10.5. The lowest BCUT2D eigenvalue weighted by atomic mass is 9.84. The lowest BCUT2D eigenvalue weighted by molar-refractivity contribution is -0.135. The second-order valence-corrected chi connectivity index (χ2v) is 4.82. The molecule has 13 heavy (non-hydrogen) atoms. The summed E-state index contributed by atoms with van der Waals surface area (Å²) in [5.41, 5.74) is 5.83. The highest BCUT2D eigenvalue weighted by Gasteiger charge is 2.29. The summed E-state index contributed by atoms with van der Waals surface area (Å²) in [5.74, 6) is 0.0905. The Hall–Kier alpha value is -0.570. The van der Waals surface area contributed by atoms with Crippen LogP contribution < -0.4 is 5.73 Å². The normalized spacial score (nSPS) is 24.2. The van der Waals surface area contributed by atoms with Crippen LogP contribution in [0, 0.1) is 5.41 Å². The summed E-state index contributed by atoms with van der Waals surface area (Å²) in [6.07, 6.45) is 2.31. The van der Waals surface area contributed by atoms with Crippen LogP contribution in [0.5, 0.6) is 0 Å². The highest BCUT2D eigenvalue weighted by molar-refractivity contribution is 5.81. The van der Waals surface area contributed by atoms with Crippen molar-refractivity contribution in [2.45, 2.75) is 39.7 Å². The van der Waals surface area contributed by atoms with E-state index in [-0.39, 0.29) is 17.4 Å². The van der Waals surface area contributed by atoms with Crippen LogP contribution in [-0.2, 0) is 4.79 Å². The monoisotopic (exact) mass is 184 g/mol. The fourth-order valence-electron chi connectivity index (χ4n) is 1.90. The number of rotatable bonds is 1. The van der Waals surface area contributed by atoms with Crippen molar-refractivity contribution in [2.24, 2.45) is 11.1 Å². The number of hydrogen-bond acceptors (Lipinski definition) is 2. The van der Waals surface area contributed by atoms with E-state index in [1.165, 1.54) is 6.42 Å². The number of nitrogens with two attached hydrogens (primary N) is 1. The molecule has 3 heteroatoms. The topological polar surface area (TPSA) is 46.3 Å². The van der Waals surface area contributed by atoms with Crippen LogP contribution in [0.3, 0.4) is 0 Å². The summed E-state index contributed by atoms with van der Waals surface area (Å²) >= 11 is 0. The molecule has 0 aliphatic carbocycles. The van der Waals surface area contributed by atoms with Gasteiger partial charge in [-0.15, -0.1) is 0 Å². The quantitative estimate of drug-likeness (QED) is 0.660. The number of nitrogens with zero attached hydrogens (tertiary/aromatic N) is 1. The molecule has 1 fully saturated rings. The minimum Gasteiger partial charge on any atom is -0.341 e. The zero-order valence-electron chi connectivity index (χ0n) is 8.84. The van der Waals surface area contributed by atoms with Crippen LogP contribution in [0.4, 0.5) is 0 Å². The molecule has 0 aromatic carbocycles. The van der Waals surface area contributed by atoms with Gasteiger partial charge < -0.3 is 10.6 Å². The van der Waals surface area contributed by atoms with Gasteiger partial charge in [0.2, 0.25) is 5.91 Å². The maximum atomic E-state index is 11.6. The van der Waals surface area contributed by atoms with Gasteiger partial charge in [0.25, 0.3) is 0 Å². The molecule has 0 spiro atoms. The van der Waals surface area contributed by atoms with Crippen LogP contribution in [-0.4, -0.2) is 29.9 Å². The molecule has 0 radical (unpaired) electrons. The molecule has 1 unspecified atom stereocenters. The largest absolute Gasteiger partial charge is 0.341 e. The molecule has 1 heterocycles. The van der Waals surface area contributed by atoms with Crippen molar-refractivity contribution in [2.75, 3.05) is 13.1 Å². The summed E-state index contributed by atoms with van der Waals surface area (Å²) in [7, 11) is 0. The van der Waals surface area contributed by atoms with Gasteiger partial charge in [-0.1, -0.05) is 13.8 Å². The molecule has 0 aromatic rings. The van der Waals surface area contributed by atoms with Gasteiger partial charge in [0.05, 0.1) is 6.04 Å². The van der Waals surface area contributed by atoms with E-state index in [0.29, 0.717) is 0 Å². The van der Waals surface area contributed by atoms with Crippen LogP contribution in [0.2, 0.25) is 0 Å². The predicted molar refractivity (Wildman–Crippen MR) is 53.2 cm³/mol. The fourth-order valence-corrected chi connectivity index (χ4v) is 1.90. The Morgan fingerprint density at radius 1 is 1.54 bits per heavy atom. The highest BCUT2D eigenvalue weighted by Crippen LogP contribution is 2.28. The SMILES string of the molecule is CC(N)C(=O)N1CCCC(C)(C)C1. The van der Waals surface area contributed by atoms with Gasteiger partial charge in [-0.2, -0.15) is 0 Å². The van der Waals surface area contributed by atoms with Crippen LogP contribution in [0.1, 0.15) is 33.6 Å². The molecule has 1 saturated heterocycles. The van der Waals surface area contributed by atoms with Crippen LogP contribution >= 0.6 is 0 Å². The van der Waals surface area contributed by atoms with E-state index < -0.39 is 0 Å². The maximum Gasteiger partial charge on any atom is 0.239 e. The second kappa shape index (κ2) is 3.66. The Bertz CT molecular complexity index is 199. The number of amides is 1. The Labute approximate surface area is 80.3 Å². The van der Waals surface area contributed by atoms with Gasteiger partial charge >= 0.3 is 0 Å². The average Bonchev–Trinajstić information content (AvgIpc) is 2.01. The first-order chi connectivity index (χ1) is 5.92. The summed E-state index contributed by atoms with van der Waals surface area (Å²) in [4.78, 5) is 13.5. The third kappa shape index (κ3) is 2.69. The van der Waals surface area contributed by atoms with E-state index >= 15 is 0 Å². The van der Waals surface area contributed by atoms with Crippen molar-refractivity contribution in [1.29, 1.82) is 0 Å². The zero-order valence-corrected chi connectivity index (χ0v) is 8.84. The molecule has 76 valence electrons. The summed E-state index contributed by atoms with van der Waals surface area (Å²) < 4.78 is 0. The molecular formula is C10H20N2O. The zero-order chi connectivity index (χ0) is 10.1. The van der Waals surface area contributed by atoms with Crippen molar-refractivity contribution in [1.82, 2.24) is 4.90 Å². The number of carbonyl (C=O) groups excluding carboxylic acids is 1. The van der Waals surface area contributed by atoms with Crippen molar-refractivity contribution < 1.29 is 4.79 Å². The van der Waals surface area contributed by atoms with Crippen LogP contribution in [0.25, 0.3) is 0 Å². The summed E-state index contributed by atoms with van der Waals surface area (Å²) in [6, 6.07) is -0.353. The van der Waals surface area contributed by atoms with Gasteiger partial charge in [0, 0.05) is 13.1 Å². The van der Waals surface area contributed by atoms with Gasteiger partial charge in [-0.05, 0) is 25.2 Å². The van der Waals surface area contributed by atoms with E-state index in [9.17, 15) is 4.79 Å². The summed E-state index contributed by atoms with van der Waals surface area (Å²) in [6.45, 7) is 7.89. The van der Waals surface area contributed by atoms with Crippen molar-refractivity contribution in [3.05, 3.63) is 0 Å². The first-order valence-electron chi connectivity index (χ1n) is 4.97. The molecule has 3 nitrogen and oxygen atoms in total. The molecule has 0 aromatic heterocycles. The third-order valence-corrected chi connectivity index (χ3v) is 2.60. The summed E-state index contributed by atoms with van der Waals surface area (Å²) in [5, 5.41) is 0. The third-order valence-electron chi connectivity index (χ3n) is 2.60. The standard InChI is InChI=1S/C10H20N2O/c1-8(11)9(13)12-6-4-5-10(2,3)7-12/h8H,4-7,11H2,1-3H3. The van der Waals surface area contributed by atoms with Gasteiger partial charge in [0.1, 0.15) is 0 Å². The molecule has 1 amide bonds. The number of likely N-dealkylation sites (tertiary alicyclic amines) is 1. The lowest BCUT2D eigenvalue weighted by Gasteiger charge is -2.38. The molecular weight excluding hydrogens is 164 g/mol. The Morgan fingerprint density at radius 3 is 2.62 bits per heavy atom. The molecule has 0 saturated carbocycles. The molecule has 1 atom stereocenters. The predicted octanol–water partition coefficient (Wildman–Crippen LogP) is 0.982. The van der Waals surface area contributed by atoms with E-state index in [2.05, 4.69) is 13.8 Å². The van der Waals surface area contributed by atoms with Crippen molar-refractivity contribution in [3.8, 4) is 0 Å². The number of piperidine rings is 1. The van der Waals surface area contributed by atoms with Crippen molar-refractivity contribution in [3.63, 3.8) is 0 Å². The second-order valence-electron chi connectivity index (χ2n) is 4.82. The minimum absolute atomic E-state index is 0.0905. The fraction of sp³-hybridized carbons (Fsp3) is 0.900. The van der Waals surface area contributed by atoms with Gasteiger partial charge in [0.15, 0.2) is 0 Å². The Balaban J connectivity index is 2.57. The van der Waals surface area contributed by atoms with E-state index in [1.807, 2.05) is 4.90 Å². The maximum absolute atomic E-state index is 11.6. The smallest absolute Gasteiger partial charge is 0.239 e. The number of carbonyl (C=O) groups is 1. The lowest BCUT2D eigenvalue weighted by Crippen LogP contribution is -2.49. The Kier molecular flexibility index (Phi) is 2.96. The van der Waals surface area contributed by atoms with E-state index in [4.69, 9.17) is 5.73 Å².